The van der Waals surface area contributed by atoms with Crippen LogP contribution < -0.4 is 4.90 Å². The molecule has 3 aromatic rings. The van der Waals surface area contributed by atoms with Gasteiger partial charge in [0.05, 0.1) is 22.2 Å². The molecule has 8 nitrogen and oxygen atoms in total. The highest BCUT2D eigenvalue weighted by atomic mass is 32.2. The molecule has 11 heteroatoms. The number of fused-ring (bicyclic) bond motifs is 2. The molecule has 2 heterocycles. The number of anilines is 1. The minimum atomic E-state index is -4.14. The van der Waals surface area contributed by atoms with Gasteiger partial charge in [-0.2, -0.15) is 16.8 Å². The molecule has 0 spiro atoms. The van der Waals surface area contributed by atoms with E-state index in [2.05, 4.69) is 30.9 Å². The normalized spacial score (nSPS) is 15.6. The van der Waals surface area contributed by atoms with Crippen molar-refractivity contribution in [3.8, 4) is 0 Å². The lowest BCUT2D eigenvalue weighted by Crippen LogP contribution is -2.20. The Morgan fingerprint density at radius 3 is 2.39 bits per heavy atom. The number of para-hydroxylation sites is 1. The van der Waals surface area contributed by atoms with Gasteiger partial charge in [-0.05, 0) is 87.1 Å². The van der Waals surface area contributed by atoms with E-state index in [0.29, 0.717) is 36.3 Å². The van der Waals surface area contributed by atoms with Crippen molar-refractivity contribution in [3.63, 3.8) is 0 Å². The van der Waals surface area contributed by atoms with Crippen LogP contribution in [0.1, 0.15) is 42.2 Å². The first-order valence-electron chi connectivity index (χ1n) is 12.2. The Morgan fingerprint density at radius 1 is 1.00 bits per heavy atom. The van der Waals surface area contributed by atoms with Crippen molar-refractivity contribution in [1.82, 2.24) is 0 Å². The van der Waals surface area contributed by atoms with Crippen LogP contribution in [0.3, 0.4) is 0 Å². The Hall–Kier alpha value is -2.57. The molecule has 0 radical (unpaired) electrons. The second-order valence-electron chi connectivity index (χ2n) is 9.50. The number of hydrogen-bond acceptors (Lipinski definition) is 7. The molecule has 1 aliphatic heterocycles. The third kappa shape index (κ3) is 7.09. The van der Waals surface area contributed by atoms with E-state index in [1.807, 2.05) is 43.3 Å². The van der Waals surface area contributed by atoms with Gasteiger partial charge in [0.15, 0.2) is 0 Å². The Kier molecular flexibility index (Phi) is 8.43. The van der Waals surface area contributed by atoms with Gasteiger partial charge in [-0.3, -0.25) is 9.11 Å². The Balaban J connectivity index is 1.66. The van der Waals surface area contributed by atoms with E-state index < -0.39 is 26.0 Å². The van der Waals surface area contributed by atoms with Crippen molar-refractivity contribution >= 4 is 54.7 Å². The van der Waals surface area contributed by atoms with Gasteiger partial charge in [-0.25, -0.2) is 0 Å². The molecule has 38 heavy (non-hydrogen) atoms. The van der Waals surface area contributed by atoms with E-state index in [9.17, 15) is 21.4 Å². The SMILES string of the molecule is CC(/C=C1\Sc2cc(C)c(C)cc2N1CCCCS(=O)(=O)O)=C\c1oc2ccccc2c1CCS(=O)(=O)O. The van der Waals surface area contributed by atoms with Crippen molar-refractivity contribution in [2.75, 3.05) is 23.0 Å². The zero-order chi connectivity index (χ0) is 27.7. The molecule has 0 unspecified atom stereocenters. The van der Waals surface area contributed by atoms with Crippen LogP contribution in [0.4, 0.5) is 5.69 Å². The van der Waals surface area contributed by atoms with Crippen molar-refractivity contribution in [2.45, 2.75) is 44.9 Å². The van der Waals surface area contributed by atoms with Gasteiger partial charge in [0.2, 0.25) is 0 Å². The summed E-state index contributed by atoms with van der Waals surface area (Å²) in [6, 6.07) is 11.7. The molecule has 4 rings (SSSR count). The number of rotatable bonds is 10. The zero-order valence-corrected chi connectivity index (χ0v) is 23.9. The predicted molar refractivity (Wildman–Crippen MR) is 153 cm³/mol. The summed E-state index contributed by atoms with van der Waals surface area (Å²) in [6.07, 6.45) is 4.93. The molecule has 2 N–H and O–H groups in total. The highest BCUT2D eigenvalue weighted by Crippen LogP contribution is 2.47. The number of allylic oxidation sites excluding steroid dienone is 2. The number of thioether (sulfide) groups is 1. The zero-order valence-electron chi connectivity index (χ0n) is 21.5. The van der Waals surface area contributed by atoms with Gasteiger partial charge in [0, 0.05) is 22.4 Å². The number of unbranched alkanes of at least 4 members (excludes halogenated alkanes) is 1. The third-order valence-electron chi connectivity index (χ3n) is 6.43. The summed E-state index contributed by atoms with van der Waals surface area (Å²) >= 11 is 1.63. The van der Waals surface area contributed by atoms with E-state index >= 15 is 0 Å². The molecule has 0 fully saturated rings. The lowest BCUT2D eigenvalue weighted by Gasteiger charge is -2.21. The molecule has 0 amide bonds. The number of furan rings is 1. The molecule has 1 aromatic heterocycles. The quantitative estimate of drug-likeness (QED) is 0.220. The maximum atomic E-state index is 11.4. The summed E-state index contributed by atoms with van der Waals surface area (Å²) < 4.78 is 69.6. The molecule has 2 aromatic carbocycles. The van der Waals surface area contributed by atoms with Crippen molar-refractivity contribution < 1.29 is 30.4 Å². The first-order valence-corrected chi connectivity index (χ1v) is 16.2. The molecule has 0 atom stereocenters. The fraction of sp³-hybridized carbons (Fsp3) is 0.333. The molecule has 204 valence electrons. The molecule has 0 aliphatic carbocycles. The van der Waals surface area contributed by atoms with Crippen LogP contribution in [0.15, 0.2) is 62.4 Å². The van der Waals surface area contributed by atoms with Crippen LogP contribution >= 0.6 is 11.8 Å². The van der Waals surface area contributed by atoms with Crippen LogP contribution in [-0.4, -0.2) is 44.0 Å². The lowest BCUT2D eigenvalue weighted by atomic mass is 10.1. The predicted octanol–water partition coefficient (Wildman–Crippen LogP) is 6.00. The van der Waals surface area contributed by atoms with Crippen LogP contribution in [0.5, 0.6) is 0 Å². The number of nitrogens with zero attached hydrogens (tertiary/aromatic N) is 1. The number of hydrogen-bond donors (Lipinski definition) is 2. The number of aryl methyl sites for hydroxylation is 3. The summed E-state index contributed by atoms with van der Waals surface area (Å²) in [5.41, 5.74) is 5.63. The van der Waals surface area contributed by atoms with Crippen molar-refractivity contribution in [1.29, 1.82) is 0 Å². The third-order valence-corrected chi connectivity index (χ3v) is 9.05. The largest absolute Gasteiger partial charge is 0.456 e. The first-order chi connectivity index (χ1) is 17.8. The Labute approximate surface area is 227 Å². The lowest BCUT2D eigenvalue weighted by molar-refractivity contribution is 0.479. The Bertz CT molecular complexity index is 1630. The van der Waals surface area contributed by atoms with Gasteiger partial charge >= 0.3 is 0 Å². The van der Waals surface area contributed by atoms with Crippen LogP contribution in [-0.2, 0) is 26.7 Å². The molecular formula is C27H31NO7S3. The first kappa shape index (κ1) is 28.4. The van der Waals surface area contributed by atoms with Crippen LogP contribution in [0, 0.1) is 13.8 Å². The summed E-state index contributed by atoms with van der Waals surface area (Å²) in [7, 11) is -8.14. The summed E-state index contributed by atoms with van der Waals surface area (Å²) in [4.78, 5) is 3.27. The standard InChI is InChI=1S/C27H31NO7S3/c1-18(14-25-22(10-13-38(32,33)34)21-8-4-5-9-24(21)35-25)15-27-28(11-6-7-12-37(29,30)31)23-16-19(2)20(3)17-26(23)36-27/h4-5,8-9,14-17H,6-7,10-13H2,1-3H3,(H,29,30,31)(H,32,33,34)/b18-14+,27-15-. The number of benzene rings is 2. The molecule has 0 saturated heterocycles. The monoisotopic (exact) mass is 577 g/mol. The summed E-state index contributed by atoms with van der Waals surface area (Å²) in [5.74, 6) is -0.140. The molecule has 0 bridgehead atoms. The van der Waals surface area contributed by atoms with Crippen LogP contribution in [0.25, 0.3) is 17.0 Å². The van der Waals surface area contributed by atoms with Gasteiger partial charge in [0.1, 0.15) is 11.3 Å². The minimum Gasteiger partial charge on any atom is -0.456 e. The minimum absolute atomic E-state index is 0.115. The van der Waals surface area contributed by atoms with Crippen molar-refractivity contribution in [2.24, 2.45) is 0 Å². The average molecular weight is 578 g/mol. The molecule has 1 aliphatic rings. The average Bonchev–Trinajstić information content (AvgIpc) is 3.31. The second-order valence-corrected chi connectivity index (χ2v) is 13.7. The van der Waals surface area contributed by atoms with E-state index in [1.165, 1.54) is 5.56 Å². The van der Waals surface area contributed by atoms with E-state index in [4.69, 9.17) is 8.97 Å². The van der Waals surface area contributed by atoms with Crippen LogP contribution in [0.2, 0.25) is 0 Å². The maximum absolute atomic E-state index is 11.4. The van der Waals surface area contributed by atoms with Gasteiger partial charge in [0.25, 0.3) is 20.2 Å². The fourth-order valence-electron chi connectivity index (χ4n) is 4.41. The van der Waals surface area contributed by atoms with Gasteiger partial charge in [-0.15, -0.1) is 0 Å². The van der Waals surface area contributed by atoms with Gasteiger partial charge in [-0.1, -0.05) is 30.0 Å². The highest BCUT2D eigenvalue weighted by Gasteiger charge is 2.26. The van der Waals surface area contributed by atoms with Gasteiger partial charge < -0.3 is 9.32 Å². The van der Waals surface area contributed by atoms with E-state index in [-0.39, 0.29) is 12.2 Å². The summed E-state index contributed by atoms with van der Waals surface area (Å²) in [6.45, 7) is 6.64. The van der Waals surface area contributed by atoms with E-state index in [0.717, 1.165) is 32.1 Å². The Morgan fingerprint density at radius 2 is 1.68 bits per heavy atom. The molecule has 0 saturated carbocycles. The summed E-state index contributed by atoms with van der Waals surface area (Å²) in [5, 5.41) is 1.78. The highest BCUT2D eigenvalue weighted by molar-refractivity contribution is 8.03. The maximum Gasteiger partial charge on any atom is 0.265 e. The second kappa shape index (κ2) is 11.3. The van der Waals surface area contributed by atoms with E-state index in [1.54, 1.807) is 11.8 Å². The topological polar surface area (TPSA) is 125 Å². The fourth-order valence-corrected chi connectivity index (χ4v) is 6.72. The molecular weight excluding hydrogens is 546 g/mol. The smallest absolute Gasteiger partial charge is 0.265 e. The van der Waals surface area contributed by atoms with Crippen molar-refractivity contribution in [3.05, 3.63) is 75.5 Å².